The molecule has 0 spiro atoms. The number of nitrogens with zero attached hydrogens (tertiary/aromatic N) is 1. The Bertz CT molecular complexity index is 945. The van der Waals surface area contributed by atoms with E-state index in [0.29, 0.717) is 18.8 Å². The van der Waals surface area contributed by atoms with Gasteiger partial charge in [-0.05, 0) is 26.2 Å². The zero-order valence-electron chi connectivity index (χ0n) is 20.1. The van der Waals surface area contributed by atoms with Gasteiger partial charge in [-0.3, -0.25) is 19.2 Å². The van der Waals surface area contributed by atoms with Crippen molar-refractivity contribution in [1.82, 2.24) is 21.1 Å². The number of hydrogen-bond donors (Lipinski definition) is 3. The summed E-state index contributed by atoms with van der Waals surface area (Å²) in [5.74, 6) is 0.741. The first-order valence-electron chi connectivity index (χ1n) is 11.0. The van der Waals surface area contributed by atoms with Gasteiger partial charge in [0.05, 0.1) is 19.3 Å². The van der Waals surface area contributed by atoms with Crippen molar-refractivity contribution in [3.63, 3.8) is 0 Å². The fourth-order valence-corrected chi connectivity index (χ4v) is 3.25. The van der Waals surface area contributed by atoms with E-state index >= 15 is 0 Å². The second-order valence-electron chi connectivity index (χ2n) is 8.85. The van der Waals surface area contributed by atoms with E-state index in [1.807, 2.05) is 13.8 Å². The molecular weight excluding hydrogens is 444 g/mol. The maximum absolute atomic E-state index is 13.0. The van der Waals surface area contributed by atoms with Gasteiger partial charge in [-0.1, -0.05) is 19.0 Å². The Hall–Kier alpha value is -3.23. The zero-order chi connectivity index (χ0) is 25.5. The van der Waals surface area contributed by atoms with Crippen molar-refractivity contribution < 1.29 is 33.2 Å². The molecule has 11 heteroatoms. The van der Waals surface area contributed by atoms with Gasteiger partial charge in [0.25, 0.3) is 5.91 Å². The quantitative estimate of drug-likeness (QED) is 0.268. The van der Waals surface area contributed by atoms with E-state index in [2.05, 4.69) is 27.0 Å². The number of terminal acetylenes is 1. The molecule has 186 valence electrons. The van der Waals surface area contributed by atoms with Gasteiger partial charge in [0.1, 0.15) is 23.4 Å². The van der Waals surface area contributed by atoms with Gasteiger partial charge in [0.2, 0.25) is 11.8 Å². The third-order valence-electron chi connectivity index (χ3n) is 5.21. The third-order valence-corrected chi connectivity index (χ3v) is 5.21. The second kappa shape index (κ2) is 11.8. The molecule has 1 aliphatic rings. The van der Waals surface area contributed by atoms with Gasteiger partial charge in [-0.15, -0.1) is 12.3 Å². The SMILES string of the molecule is C#CC[C@H](NC(=O)C(COC)NC(=O)c1cc(C)on1)C(=O)NC(CC(C)C)C(=O)C1(C)CO1. The summed E-state index contributed by atoms with van der Waals surface area (Å²) >= 11 is 0. The Kier molecular flexibility index (Phi) is 9.35. The smallest absolute Gasteiger partial charge is 0.274 e. The van der Waals surface area contributed by atoms with Gasteiger partial charge in [0, 0.05) is 19.6 Å². The molecule has 2 heterocycles. The number of Topliss-reactive ketones (excluding diaryl/α,β-unsaturated/α-hetero) is 1. The summed E-state index contributed by atoms with van der Waals surface area (Å²) in [6, 6.07) is -1.63. The van der Waals surface area contributed by atoms with Gasteiger partial charge < -0.3 is 29.9 Å². The number of methoxy groups -OCH3 is 1. The van der Waals surface area contributed by atoms with Crippen LogP contribution in [0.2, 0.25) is 0 Å². The van der Waals surface area contributed by atoms with Crippen molar-refractivity contribution in [2.45, 2.75) is 64.3 Å². The fourth-order valence-electron chi connectivity index (χ4n) is 3.25. The normalized spacial score (nSPS) is 19.4. The van der Waals surface area contributed by atoms with Crippen molar-refractivity contribution in [2.75, 3.05) is 20.3 Å². The molecule has 4 atom stereocenters. The first-order valence-corrected chi connectivity index (χ1v) is 11.0. The third kappa shape index (κ3) is 7.40. The number of nitrogens with one attached hydrogen (secondary N) is 3. The Balaban J connectivity index is 2.09. The Morgan fingerprint density at radius 1 is 1.18 bits per heavy atom. The summed E-state index contributed by atoms with van der Waals surface area (Å²) in [6.45, 7) is 7.28. The number of carbonyl (C=O) groups excluding carboxylic acids is 4. The first kappa shape index (κ1) is 27.0. The standard InChI is InChI=1S/C23H32N4O7/c1-7-8-15(20(29)25-16(9-13(2)3)19(28)23(5)12-33-23)24-22(31)18(11-32-6)26-21(30)17-10-14(4)34-27-17/h1,10,13,15-16,18H,8-9,11-12H2,2-6H3,(H,24,31)(H,25,29)(H,26,30)/t15-,16?,18?,23?/m0/s1. The summed E-state index contributed by atoms with van der Waals surface area (Å²) in [5, 5.41) is 11.4. The summed E-state index contributed by atoms with van der Waals surface area (Å²) in [7, 11) is 1.36. The Morgan fingerprint density at radius 2 is 1.79 bits per heavy atom. The van der Waals surface area contributed by atoms with E-state index in [-0.39, 0.29) is 30.4 Å². The summed E-state index contributed by atoms with van der Waals surface area (Å²) < 4.78 is 15.1. The van der Waals surface area contributed by atoms with Crippen LogP contribution in [-0.4, -0.2) is 72.7 Å². The van der Waals surface area contributed by atoms with Crippen LogP contribution in [-0.2, 0) is 23.9 Å². The van der Waals surface area contributed by atoms with Crippen LogP contribution < -0.4 is 16.0 Å². The number of aryl methyl sites for hydroxylation is 1. The molecule has 11 nitrogen and oxygen atoms in total. The number of rotatable bonds is 13. The van der Waals surface area contributed by atoms with Gasteiger partial charge in [-0.2, -0.15) is 0 Å². The molecule has 0 aliphatic carbocycles. The molecule has 3 amide bonds. The lowest BCUT2D eigenvalue weighted by Crippen LogP contribution is -2.57. The van der Waals surface area contributed by atoms with Crippen LogP contribution in [0.5, 0.6) is 0 Å². The lowest BCUT2D eigenvalue weighted by Gasteiger charge is -2.25. The highest BCUT2D eigenvalue weighted by Crippen LogP contribution is 2.29. The van der Waals surface area contributed by atoms with E-state index in [0.717, 1.165) is 0 Å². The molecule has 0 aromatic carbocycles. The number of amides is 3. The molecule has 1 aromatic rings. The lowest BCUT2D eigenvalue weighted by molar-refractivity contribution is -0.133. The average molecular weight is 477 g/mol. The van der Waals surface area contributed by atoms with Gasteiger partial charge in [-0.25, -0.2) is 0 Å². The molecule has 0 saturated carbocycles. The molecule has 3 unspecified atom stereocenters. The molecule has 2 rings (SSSR count). The molecule has 1 aromatic heterocycles. The predicted molar refractivity (Wildman–Crippen MR) is 121 cm³/mol. The number of aromatic nitrogens is 1. The van der Waals surface area contributed by atoms with E-state index < -0.39 is 41.4 Å². The minimum Gasteiger partial charge on any atom is -0.382 e. The number of carbonyl (C=O) groups is 4. The van der Waals surface area contributed by atoms with Crippen molar-refractivity contribution in [2.24, 2.45) is 5.92 Å². The number of epoxide rings is 1. The molecule has 34 heavy (non-hydrogen) atoms. The molecular formula is C23H32N4O7. The van der Waals surface area contributed by atoms with Crippen molar-refractivity contribution in [1.29, 1.82) is 0 Å². The second-order valence-corrected chi connectivity index (χ2v) is 8.85. The van der Waals surface area contributed by atoms with E-state index in [4.69, 9.17) is 20.4 Å². The van der Waals surface area contributed by atoms with Crippen LogP contribution in [0, 0.1) is 25.2 Å². The van der Waals surface area contributed by atoms with Crippen molar-refractivity contribution in [3.05, 3.63) is 17.5 Å². The molecule has 1 saturated heterocycles. The summed E-state index contributed by atoms with van der Waals surface area (Å²) in [4.78, 5) is 51.1. The fraction of sp³-hybridized carbons (Fsp3) is 0.609. The Morgan fingerprint density at radius 3 is 2.29 bits per heavy atom. The molecule has 0 radical (unpaired) electrons. The number of ketones is 1. The average Bonchev–Trinajstić information content (AvgIpc) is 3.37. The highest BCUT2D eigenvalue weighted by molar-refractivity contribution is 5.99. The molecule has 1 aliphatic heterocycles. The maximum atomic E-state index is 13.0. The topological polar surface area (TPSA) is 152 Å². The van der Waals surface area contributed by atoms with E-state index in [9.17, 15) is 19.2 Å². The number of ether oxygens (including phenoxy) is 2. The van der Waals surface area contributed by atoms with E-state index in [1.54, 1.807) is 13.8 Å². The Labute approximate surface area is 198 Å². The van der Waals surface area contributed by atoms with Crippen LogP contribution in [0.1, 0.15) is 49.9 Å². The minimum absolute atomic E-state index is 0.00449. The van der Waals surface area contributed by atoms with Crippen LogP contribution in [0.15, 0.2) is 10.6 Å². The minimum atomic E-state index is -1.13. The lowest BCUT2D eigenvalue weighted by atomic mass is 9.93. The molecule has 3 N–H and O–H groups in total. The highest BCUT2D eigenvalue weighted by atomic mass is 16.6. The largest absolute Gasteiger partial charge is 0.382 e. The van der Waals surface area contributed by atoms with Gasteiger partial charge in [0.15, 0.2) is 11.5 Å². The number of hydrogen-bond acceptors (Lipinski definition) is 8. The predicted octanol–water partition coefficient (Wildman–Crippen LogP) is 0.125. The highest BCUT2D eigenvalue weighted by Gasteiger charge is 2.50. The maximum Gasteiger partial charge on any atom is 0.274 e. The van der Waals surface area contributed by atoms with Crippen molar-refractivity contribution >= 4 is 23.5 Å². The van der Waals surface area contributed by atoms with Crippen LogP contribution in [0.4, 0.5) is 0 Å². The van der Waals surface area contributed by atoms with E-state index in [1.165, 1.54) is 13.2 Å². The molecule has 1 fully saturated rings. The first-order chi connectivity index (χ1) is 16.0. The van der Waals surface area contributed by atoms with Crippen LogP contribution in [0.3, 0.4) is 0 Å². The van der Waals surface area contributed by atoms with Crippen molar-refractivity contribution in [3.8, 4) is 12.3 Å². The zero-order valence-corrected chi connectivity index (χ0v) is 20.1. The summed E-state index contributed by atoms with van der Waals surface area (Å²) in [5.41, 5.74) is -0.916. The van der Waals surface area contributed by atoms with Crippen LogP contribution in [0.25, 0.3) is 0 Å². The molecule has 0 bridgehead atoms. The van der Waals surface area contributed by atoms with Crippen LogP contribution >= 0.6 is 0 Å². The monoisotopic (exact) mass is 476 g/mol. The van der Waals surface area contributed by atoms with Gasteiger partial charge >= 0.3 is 0 Å². The summed E-state index contributed by atoms with van der Waals surface area (Å²) in [6.07, 6.45) is 5.69.